The minimum atomic E-state index is -3.04. The molecule has 0 N–H and O–H groups in total. The Hall–Kier alpha value is -7.04. The second-order valence-electron chi connectivity index (χ2n) is 15.6. The molecule has 326 valence electrons. The van der Waals surface area contributed by atoms with Crippen LogP contribution in [0.3, 0.4) is 0 Å². The number of halogens is 2. The molecule has 0 spiro atoms. The molecule has 4 aromatic heterocycles. The van der Waals surface area contributed by atoms with Gasteiger partial charge < -0.3 is 28.5 Å². The number of benzene rings is 8. The fourth-order valence-corrected chi connectivity index (χ4v) is 11.4. The quantitative estimate of drug-likeness (QED) is 0.117. The first kappa shape index (κ1) is 45.1. The number of hydrogen-bond acceptors (Lipinski definition) is 5. The van der Waals surface area contributed by atoms with Crippen LogP contribution in [0.5, 0.6) is 0 Å². The lowest BCUT2D eigenvalue weighted by atomic mass is 10.1. The Morgan fingerprint density at radius 1 is 0.373 bits per heavy atom. The molecule has 67 heavy (non-hydrogen) atoms. The fourth-order valence-electron chi connectivity index (χ4n) is 8.44. The summed E-state index contributed by atoms with van der Waals surface area (Å²) in [6, 6.07) is 76.9. The molecule has 4 heterocycles. The van der Waals surface area contributed by atoms with Crippen molar-refractivity contribution in [3.05, 3.63) is 235 Å². The van der Waals surface area contributed by atoms with E-state index in [0.717, 1.165) is 87.5 Å². The van der Waals surface area contributed by atoms with Gasteiger partial charge in [-0.2, -0.15) is 0 Å². The predicted octanol–water partition coefficient (Wildman–Crippen LogP) is 10.5. The summed E-state index contributed by atoms with van der Waals surface area (Å²) < 4.78 is 20.0. The lowest BCUT2D eigenvalue weighted by molar-refractivity contribution is -0.0000142. The minimum Gasteiger partial charge on any atom is -1.00 e. The van der Waals surface area contributed by atoms with E-state index in [4.69, 9.17) is 19.9 Å². The Balaban J connectivity index is 0.000000175. The molecule has 0 atom stereocenters. The van der Waals surface area contributed by atoms with Crippen LogP contribution >= 0.6 is 23.1 Å². The van der Waals surface area contributed by atoms with Crippen molar-refractivity contribution in [1.82, 2.24) is 28.7 Å². The van der Waals surface area contributed by atoms with Gasteiger partial charge in [0.15, 0.2) is 7.14 Å². The molecular formula is C57H42BrIN6OP-. The molecule has 10 heteroatoms. The fraction of sp³-hybridized carbons (Fsp3) is 0.0175. The van der Waals surface area contributed by atoms with Crippen LogP contribution in [0.1, 0.15) is 7.43 Å². The van der Waals surface area contributed by atoms with Crippen LogP contribution in [0.15, 0.2) is 235 Å². The number of fused-ring (bicyclic) bond motifs is 6. The lowest BCUT2D eigenvalue weighted by Gasteiger charge is -2.20. The van der Waals surface area contributed by atoms with E-state index in [1.807, 2.05) is 158 Å². The maximum atomic E-state index is 14.8. The van der Waals surface area contributed by atoms with Crippen LogP contribution in [0.4, 0.5) is 0 Å². The third-order valence-corrected chi connectivity index (χ3v) is 15.2. The third kappa shape index (κ3) is 8.62. The van der Waals surface area contributed by atoms with Gasteiger partial charge in [0.05, 0.1) is 44.8 Å². The first-order valence-electron chi connectivity index (χ1n) is 21.3. The van der Waals surface area contributed by atoms with E-state index in [0.29, 0.717) is 11.6 Å². The SMILES string of the molecule is Brc1ccc(-c2cc(-c3ccccc3)n3c(n2)nc2ccccc23)cc1.C.O=P(c1ccccc1)(c1ccccc1)c1ccc(-c2cc(-c3ccccc3)n3c(n2)nc2ccccc23)cc1.[I-]. The highest BCUT2D eigenvalue weighted by Gasteiger charge is 2.29. The van der Waals surface area contributed by atoms with Gasteiger partial charge in [-0.25, -0.2) is 19.9 Å². The Labute approximate surface area is 414 Å². The summed E-state index contributed by atoms with van der Waals surface area (Å²) in [7, 11) is -3.04. The Bertz CT molecular complexity index is 3640. The molecule has 7 nitrogen and oxygen atoms in total. The second-order valence-corrected chi connectivity index (χ2v) is 19.3. The summed E-state index contributed by atoms with van der Waals surface area (Å²) in [5, 5.41) is 2.43. The van der Waals surface area contributed by atoms with E-state index in [1.165, 1.54) is 0 Å². The predicted molar refractivity (Wildman–Crippen MR) is 277 cm³/mol. The van der Waals surface area contributed by atoms with E-state index < -0.39 is 7.14 Å². The summed E-state index contributed by atoms with van der Waals surface area (Å²) in [4.78, 5) is 19.4. The van der Waals surface area contributed by atoms with Gasteiger partial charge in [0, 0.05) is 31.5 Å². The molecule has 0 fully saturated rings. The van der Waals surface area contributed by atoms with Crippen LogP contribution in [-0.4, -0.2) is 28.7 Å². The van der Waals surface area contributed by atoms with Gasteiger partial charge in [-0.05, 0) is 59.7 Å². The normalized spacial score (nSPS) is 11.2. The molecule has 0 aliphatic rings. The van der Waals surface area contributed by atoms with Gasteiger partial charge in [0.25, 0.3) is 0 Å². The molecule has 12 rings (SSSR count). The number of hydrogen-bond donors (Lipinski definition) is 0. The average Bonchev–Trinajstić information content (AvgIpc) is 3.96. The van der Waals surface area contributed by atoms with Crippen LogP contribution in [0, 0.1) is 0 Å². The van der Waals surface area contributed by atoms with E-state index in [-0.39, 0.29) is 31.4 Å². The monoisotopic (exact) mass is 1060 g/mol. The minimum absolute atomic E-state index is 0. The van der Waals surface area contributed by atoms with Gasteiger partial charge in [-0.1, -0.05) is 205 Å². The number of nitrogens with zero attached hydrogens (tertiary/aromatic N) is 6. The summed E-state index contributed by atoms with van der Waals surface area (Å²) in [6.45, 7) is 0. The number of rotatable bonds is 7. The first-order chi connectivity index (χ1) is 32.0. The van der Waals surface area contributed by atoms with Crippen molar-refractivity contribution in [2.45, 2.75) is 7.43 Å². The van der Waals surface area contributed by atoms with Gasteiger partial charge in [-0.3, -0.25) is 8.80 Å². The molecule has 12 aromatic rings. The molecule has 0 bridgehead atoms. The largest absolute Gasteiger partial charge is 1.00 e. The van der Waals surface area contributed by atoms with Gasteiger partial charge in [0.1, 0.15) is 0 Å². The molecular weight excluding hydrogens is 1020 g/mol. The topological polar surface area (TPSA) is 77.5 Å². The molecule has 0 radical (unpaired) electrons. The van der Waals surface area contributed by atoms with Gasteiger partial charge >= 0.3 is 0 Å². The zero-order chi connectivity index (χ0) is 43.7. The van der Waals surface area contributed by atoms with Crippen LogP contribution in [-0.2, 0) is 4.57 Å². The summed E-state index contributed by atoms with van der Waals surface area (Å²) in [5.41, 5.74) is 12.0. The number of imidazole rings is 2. The number of aromatic nitrogens is 6. The van der Waals surface area contributed by atoms with Crippen molar-refractivity contribution in [1.29, 1.82) is 0 Å². The highest BCUT2D eigenvalue weighted by atomic mass is 127. The van der Waals surface area contributed by atoms with E-state index >= 15 is 0 Å². The van der Waals surface area contributed by atoms with Crippen LogP contribution in [0.2, 0.25) is 0 Å². The Kier molecular flexibility index (Phi) is 13.1. The van der Waals surface area contributed by atoms with Crippen molar-refractivity contribution < 1.29 is 28.5 Å². The van der Waals surface area contributed by atoms with Gasteiger partial charge in [0.2, 0.25) is 11.6 Å². The molecule has 0 aliphatic heterocycles. The lowest BCUT2D eigenvalue weighted by Crippen LogP contribution is -3.00. The number of para-hydroxylation sites is 4. The van der Waals surface area contributed by atoms with E-state index in [2.05, 4.69) is 97.5 Å². The highest BCUT2D eigenvalue weighted by Crippen LogP contribution is 2.43. The van der Waals surface area contributed by atoms with Crippen LogP contribution in [0.25, 0.3) is 78.7 Å². The van der Waals surface area contributed by atoms with E-state index in [9.17, 15) is 4.57 Å². The zero-order valence-electron chi connectivity index (χ0n) is 35.2. The Morgan fingerprint density at radius 2 is 0.716 bits per heavy atom. The summed E-state index contributed by atoms with van der Waals surface area (Å²) in [5.74, 6) is 1.36. The van der Waals surface area contributed by atoms with Crippen molar-refractivity contribution in [3.8, 4) is 45.0 Å². The molecule has 8 aromatic carbocycles. The van der Waals surface area contributed by atoms with Crippen molar-refractivity contribution >= 4 is 72.6 Å². The maximum Gasteiger partial charge on any atom is 0.235 e. The smallest absolute Gasteiger partial charge is 0.235 e. The average molecular weight is 1060 g/mol. The molecule has 0 aliphatic carbocycles. The van der Waals surface area contributed by atoms with Crippen LogP contribution < -0.4 is 39.9 Å². The maximum absolute atomic E-state index is 14.8. The second kappa shape index (κ2) is 19.4. The zero-order valence-corrected chi connectivity index (χ0v) is 39.9. The highest BCUT2D eigenvalue weighted by molar-refractivity contribution is 9.10. The van der Waals surface area contributed by atoms with E-state index in [1.54, 1.807) is 0 Å². The summed E-state index contributed by atoms with van der Waals surface area (Å²) in [6.07, 6.45) is 0. The third-order valence-electron chi connectivity index (χ3n) is 11.6. The standard InChI is InChI=1S/C34H24N3OP.C22H14BrN3.CH4.HI/c38-39(27-14-6-2-7-15-27,28-16-8-3-9-17-28)29-22-20-25(21-23-29)31-24-33(26-12-4-1-5-13-26)37-32-19-11-10-18-30(32)35-34(37)36-31;23-17-12-10-15(11-13-17)19-14-21(16-6-2-1-3-7-16)26-20-9-5-4-8-18(20)24-22(26)25-19;;/h1-24H;1-14H;1H4;1H/p-1. The van der Waals surface area contributed by atoms with Gasteiger partial charge in [-0.15, -0.1) is 0 Å². The van der Waals surface area contributed by atoms with Crippen molar-refractivity contribution in [2.75, 3.05) is 0 Å². The molecule has 0 saturated heterocycles. The molecule has 0 saturated carbocycles. The molecule has 0 amide bonds. The summed E-state index contributed by atoms with van der Waals surface area (Å²) >= 11 is 3.50. The first-order valence-corrected chi connectivity index (χ1v) is 23.8. The Morgan fingerprint density at radius 3 is 1.13 bits per heavy atom. The van der Waals surface area contributed by atoms with Crippen molar-refractivity contribution in [2.24, 2.45) is 0 Å². The van der Waals surface area contributed by atoms with Crippen molar-refractivity contribution in [3.63, 3.8) is 0 Å². The molecule has 0 unspecified atom stereocenters.